The van der Waals surface area contributed by atoms with Crippen LogP contribution in [0.25, 0.3) is 12.2 Å². The van der Waals surface area contributed by atoms with Crippen LogP contribution < -0.4 is 10.6 Å². The molecule has 0 aliphatic heterocycles. The number of carbonyl (C=O) groups excluding carboxylic acids is 1. The second kappa shape index (κ2) is 5.81. The van der Waals surface area contributed by atoms with Crippen LogP contribution in [-0.4, -0.2) is 26.7 Å². The van der Waals surface area contributed by atoms with Gasteiger partial charge in [-0.1, -0.05) is 12.1 Å². The zero-order valence-corrected chi connectivity index (χ0v) is 12.4. The van der Waals surface area contributed by atoms with E-state index >= 15 is 0 Å². The molecule has 22 heavy (non-hydrogen) atoms. The fourth-order valence-electron chi connectivity index (χ4n) is 2.81. The van der Waals surface area contributed by atoms with E-state index in [4.69, 9.17) is 0 Å². The summed E-state index contributed by atoms with van der Waals surface area (Å²) in [6, 6.07) is 9.41. The van der Waals surface area contributed by atoms with Gasteiger partial charge in [0.25, 0.3) is 0 Å². The molecular weight excluding hydrogens is 278 g/mol. The number of nitrogens with zero attached hydrogens (tertiary/aromatic N) is 1. The molecule has 1 heterocycles. The first kappa shape index (κ1) is 14.6. The minimum Gasteiger partial charge on any atom is -0.508 e. The molecule has 2 atom stereocenters. The number of hydrogen-bond acceptors (Lipinski definition) is 3. The molecule has 114 valence electrons. The van der Waals surface area contributed by atoms with E-state index in [-0.39, 0.29) is 17.6 Å². The number of fused-ring (bicyclic) bond motifs is 1. The summed E-state index contributed by atoms with van der Waals surface area (Å²) in [7, 11) is 0. The van der Waals surface area contributed by atoms with Crippen molar-refractivity contribution < 1.29 is 15.0 Å². The molecule has 0 amide bonds. The maximum atomic E-state index is 11.5. The molecule has 1 aliphatic rings. The van der Waals surface area contributed by atoms with Gasteiger partial charge in [0.15, 0.2) is 5.78 Å². The summed E-state index contributed by atoms with van der Waals surface area (Å²) >= 11 is 0. The molecule has 0 fully saturated rings. The molecule has 3 rings (SSSR count). The maximum absolute atomic E-state index is 11.5. The predicted octanol–water partition coefficient (Wildman–Crippen LogP) is 0.892. The summed E-state index contributed by atoms with van der Waals surface area (Å²) in [5, 5.41) is 20.8. The number of carbonyl (C=O) groups is 1. The van der Waals surface area contributed by atoms with Crippen LogP contribution in [0.4, 0.5) is 0 Å². The third-order valence-corrected chi connectivity index (χ3v) is 4.16. The average Bonchev–Trinajstić information content (AvgIpc) is 2.90. The Morgan fingerprint density at radius 2 is 1.95 bits per heavy atom. The Kier molecular flexibility index (Phi) is 3.86. The van der Waals surface area contributed by atoms with Crippen LogP contribution in [-0.2, 0) is 11.2 Å². The molecule has 1 aromatic heterocycles. The van der Waals surface area contributed by atoms with Crippen molar-refractivity contribution in [1.29, 1.82) is 0 Å². The van der Waals surface area contributed by atoms with Crippen molar-refractivity contribution in [3.05, 3.63) is 52.7 Å². The SMILES string of the molecule is CC(CCc1ccc(O)cc1)n1ccc2c1=CC(O)C(=O)C=2. The number of Topliss-reactive ketones (excluding diaryl/α,β-unsaturated/α-hetero) is 1. The van der Waals surface area contributed by atoms with Crippen LogP contribution in [0.2, 0.25) is 0 Å². The number of aliphatic hydroxyl groups is 1. The highest BCUT2D eigenvalue weighted by Crippen LogP contribution is 2.15. The number of aromatic hydroxyl groups is 1. The number of aromatic nitrogens is 1. The summed E-state index contributed by atoms with van der Waals surface area (Å²) in [5.74, 6) is 0.0158. The van der Waals surface area contributed by atoms with E-state index in [1.165, 1.54) is 11.6 Å². The van der Waals surface area contributed by atoms with Gasteiger partial charge in [-0.2, -0.15) is 0 Å². The Labute approximate surface area is 128 Å². The van der Waals surface area contributed by atoms with Crippen LogP contribution in [0.1, 0.15) is 24.9 Å². The summed E-state index contributed by atoms with van der Waals surface area (Å²) in [5.41, 5.74) is 1.18. The zero-order valence-electron chi connectivity index (χ0n) is 12.4. The average molecular weight is 297 g/mol. The molecule has 1 aliphatic carbocycles. The third-order valence-electron chi connectivity index (χ3n) is 4.16. The number of benzene rings is 1. The molecule has 0 bridgehead atoms. The van der Waals surface area contributed by atoms with Crippen LogP contribution >= 0.6 is 0 Å². The lowest BCUT2D eigenvalue weighted by Gasteiger charge is -2.16. The van der Waals surface area contributed by atoms with Crippen molar-refractivity contribution in [3.63, 3.8) is 0 Å². The number of hydrogen-bond donors (Lipinski definition) is 2. The Bertz CT molecular complexity index is 802. The number of phenolic OH excluding ortho intramolecular Hbond substituents is 1. The van der Waals surface area contributed by atoms with Gasteiger partial charge < -0.3 is 14.8 Å². The van der Waals surface area contributed by atoms with E-state index in [0.717, 1.165) is 23.4 Å². The highest BCUT2D eigenvalue weighted by molar-refractivity contribution is 6.12. The number of ketones is 1. The molecule has 0 saturated carbocycles. The van der Waals surface area contributed by atoms with Gasteiger partial charge >= 0.3 is 0 Å². The van der Waals surface area contributed by atoms with Crippen LogP contribution in [0.3, 0.4) is 0 Å². The highest BCUT2D eigenvalue weighted by Gasteiger charge is 2.16. The second-order valence-corrected chi connectivity index (χ2v) is 5.78. The number of aryl methyl sites for hydroxylation is 1. The first-order chi connectivity index (χ1) is 10.5. The molecule has 0 spiro atoms. The Hall–Kier alpha value is -2.33. The lowest BCUT2D eigenvalue weighted by atomic mass is 10.1. The van der Waals surface area contributed by atoms with E-state index in [0.29, 0.717) is 0 Å². The fourth-order valence-corrected chi connectivity index (χ4v) is 2.81. The number of aliphatic hydroxyl groups excluding tert-OH is 1. The van der Waals surface area contributed by atoms with Crippen molar-refractivity contribution in [2.24, 2.45) is 0 Å². The highest BCUT2D eigenvalue weighted by atomic mass is 16.3. The van der Waals surface area contributed by atoms with E-state index in [9.17, 15) is 15.0 Å². The minimum atomic E-state index is -1.04. The topological polar surface area (TPSA) is 62.5 Å². The molecule has 0 radical (unpaired) electrons. The standard InChI is InChI=1S/C18H19NO3/c1-12(2-3-13-4-6-15(20)7-5-13)19-9-8-14-10-17(21)18(22)11-16(14)19/h4-12,18,20,22H,2-3H2,1H3. The van der Waals surface area contributed by atoms with E-state index in [2.05, 4.69) is 11.5 Å². The lowest BCUT2D eigenvalue weighted by Crippen LogP contribution is -2.38. The van der Waals surface area contributed by atoms with Gasteiger partial charge in [-0.25, -0.2) is 0 Å². The Morgan fingerprint density at radius 1 is 1.23 bits per heavy atom. The van der Waals surface area contributed by atoms with E-state index in [1.54, 1.807) is 18.2 Å². The quantitative estimate of drug-likeness (QED) is 0.881. The van der Waals surface area contributed by atoms with E-state index in [1.807, 2.05) is 24.4 Å². The fraction of sp³-hybridized carbons (Fsp3) is 0.278. The van der Waals surface area contributed by atoms with Gasteiger partial charge in [0.05, 0.1) is 0 Å². The van der Waals surface area contributed by atoms with Crippen molar-refractivity contribution in [2.45, 2.75) is 31.9 Å². The smallest absolute Gasteiger partial charge is 0.188 e. The van der Waals surface area contributed by atoms with Crippen molar-refractivity contribution in [2.75, 3.05) is 0 Å². The molecule has 2 aromatic rings. The molecule has 2 unspecified atom stereocenters. The zero-order chi connectivity index (χ0) is 15.7. The normalized spacial score (nSPS) is 18.3. The van der Waals surface area contributed by atoms with Crippen molar-refractivity contribution in [3.8, 4) is 5.75 Å². The summed E-state index contributed by atoms with van der Waals surface area (Å²) in [4.78, 5) is 11.5. The largest absolute Gasteiger partial charge is 0.508 e. The maximum Gasteiger partial charge on any atom is 0.188 e. The summed E-state index contributed by atoms with van der Waals surface area (Å²) < 4.78 is 2.10. The molecule has 1 aromatic carbocycles. The number of rotatable bonds is 4. The van der Waals surface area contributed by atoms with Gasteiger partial charge in [0, 0.05) is 22.8 Å². The molecule has 4 heteroatoms. The van der Waals surface area contributed by atoms with Crippen molar-refractivity contribution in [1.82, 2.24) is 4.57 Å². The van der Waals surface area contributed by atoms with Crippen molar-refractivity contribution >= 4 is 17.9 Å². The third kappa shape index (κ3) is 2.83. The van der Waals surface area contributed by atoms with E-state index < -0.39 is 6.10 Å². The second-order valence-electron chi connectivity index (χ2n) is 5.78. The number of phenols is 1. The molecule has 2 N–H and O–H groups in total. The molecule has 4 nitrogen and oxygen atoms in total. The first-order valence-electron chi connectivity index (χ1n) is 7.45. The van der Waals surface area contributed by atoms with Gasteiger partial charge in [0.2, 0.25) is 0 Å². The Balaban J connectivity index is 1.78. The lowest BCUT2D eigenvalue weighted by molar-refractivity contribution is -0.118. The van der Waals surface area contributed by atoms with Gasteiger partial charge in [0.1, 0.15) is 11.9 Å². The van der Waals surface area contributed by atoms with Crippen LogP contribution in [0, 0.1) is 0 Å². The Morgan fingerprint density at radius 3 is 2.68 bits per heavy atom. The predicted molar refractivity (Wildman–Crippen MR) is 84.8 cm³/mol. The molecule has 0 saturated heterocycles. The summed E-state index contributed by atoms with van der Waals surface area (Å²) in [6.45, 7) is 2.12. The van der Waals surface area contributed by atoms with Crippen LogP contribution in [0.5, 0.6) is 5.75 Å². The van der Waals surface area contributed by atoms with Crippen LogP contribution in [0.15, 0.2) is 36.5 Å². The first-order valence-corrected chi connectivity index (χ1v) is 7.45. The minimum absolute atomic E-state index is 0.252. The van der Waals surface area contributed by atoms with Gasteiger partial charge in [-0.05, 0) is 55.7 Å². The van der Waals surface area contributed by atoms with Gasteiger partial charge in [-0.3, -0.25) is 4.79 Å². The monoisotopic (exact) mass is 297 g/mol. The van der Waals surface area contributed by atoms with Gasteiger partial charge in [-0.15, -0.1) is 0 Å². The molecular formula is C18H19NO3. The summed E-state index contributed by atoms with van der Waals surface area (Å²) in [6.07, 6.45) is 5.89.